The van der Waals surface area contributed by atoms with Crippen molar-refractivity contribution in [1.82, 2.24) is 0 Å². The highest BCUT2D eigenvalue weighted by molar-refractivity contribution is 6.31. The maximum atomic E-state index is 6.29. The molecular weight excluding hydrogens is 408 g/mol. The average molecular weight is 431 g/mol. The number of rotatable bonds is 2. The van der Waals surface area contributed by atoms with E-state index in [2.05, 4.69) is 98.8 Å². The van der Waals surface area contributed by atoms with Gasteiger partial charge in [0.2, 0.25) is 0 Å². The molecule has 0 radical (unpaired) electrons. The lowest BCUT2D eigenvalue weighted by Gasteiger charge is -2.22. The van der Waals surface area contributed by atoms with Gasteiger partial charge in [-0.1, -0.05) is 110 Å². The smallest absolute Gasteiger partial charge is 0.0412 e. The van der Waals surface area contributed by atoms with E-state index in [9.17, 15) is 0 Å². The van der Waals surface area contributed by atoms with E-state index in [1.807, 2.05) is 18.2 Å². The molecule has 1 aliphatic rings. The van der Waals surface area contributed by atoms with Crippen molar-refractivity contribution in [2.75, 3.05) is 0 Å². The van der Waals surface area contributed by atoms with Crippen LogP contribution in [0.3, 0.4) is 0 Å². The Balaban J connectivity index is 1.55. The minimum atomic E-state index is -0.00152. The largest absolute Gasteiger partial charge is 0.0843 e. The minimum absolute atomic E-state index is 0.00152. The molecule has 0 atom stereocenters. The first-order valence-electron chi connectivity index (χ1n) is 11.1. The Morgan fingerprint density at radius 1 is 0.500 bits per heavy atom. The van der Waals surface area contributed by atoms with E-state index in [1.165, 1.54) is 49.7 Å². The Morgan fingerprint density at radius 3 is 1.81 bits per heavy atom. The lowest BCUT2D eigenvalue weighted by molar-refractivity contribution is 0.660. The van der Waals surface area contributed by atoms with E-state index in [-0.39, 0.29) is 5.41 Å². The third-order valence-electron chi connectivity index (χ3n) is 6.95. The number of hydrogen-bond acceptors (Lipinski definition) is 0. The van der Waals surface area contributed by atoms with Gasteiger partial charge in [-0.3, -0.25) is 0 Å². The molecule has 5 aromatic carbocycles. The SMILES string of the molecule is CC1(C)c2ccccc2-c2ccc(-c3ccc(-c4cccc(Cl)c4)c4ccccc34)cc21. The van der Waals surface area contributed by atoms with E-state index in [4.69, 9.17) is 11.6 Å². The first kappa shape index (κ1) is 19.3. The van der Waals surface area contributed by atoms with Crippen molar-refractivity contribution in [2.45, 2.75) is 19.3 Å². The molecule has 0 amide bonds. The fourth-order valence-corrected chi connectivity index (χ4v) is 5.52. The average Bonchev–Trinajstić information content (AvgIpc) is 3.05. The zero-order valence-corrected chi connectivity index (χ0v) is 18.9. The van der Waals surface area contributed by atoms with Crippen molar-refractivity contribution >= 4 is 22.4 Å². The standard InChI is InChI=1S/C31H23Cl/c1-31(2)29-13-6-5-12-27(29)28-15-14-21(19-30(28)31)24-17-16-23(20-8-7-9-22(32)18-20)25-10-3-4-11-26(24)25/h3-19H,1-2H3. The predicted molar refractivity (Wildman–Crippen MR) is 137 cm³/mol. The molecule has 5 aromatic rings. The van der Waals surface area contributed by atoms with Crippen LogP contribution in [0.25, 0.3) is 44.2 Å². The van der Waals surface area contributed by atoms with E-state index >= 15 is 0 Å². The van der Waals surface area contributed by atoms with Gasteiger partial charge in [-0.25, -0.2) is 0 Å². The van der Waals surface area contributed by atoms with Crippen LogP contribution >= 0.6 is 11.6 Å². The molecule has 0 bridgehead atoms. The van der Waals surface area contributed by atoms with Crippen LogP contribution in [0.5, 0.6) is 0 Å². The number of hydrogen-bond donors (Lipinski definition) is 0. The summed E-state index contributed by atoms with van der Waals surface area (Å²) < 4.78 is 0. The molecule has 0 aliphatic heterocycles. The van der Waals surface area contributed by atoms with Gasteiger partial charge in [-0.15, -0.1) is 0 Å². The van der Waals surface area contributed by atoms with Gasteiger partial charge in [0.05, 0.1) is 0 Å². The molecule has 0 spiro atoms. The summed E-state index contributed by atoms with van der Waals surface area (Å²) >= 11 is 6.29. The molecule has 1 aliphatic carbocycles. The van der Waals surface area contributed by atoms with Crippen LogP contribution in [0.15, 0.2) is 103 Å². The quantitative estimate of drug-likeness (QED) is 0.262. The summed E-state index contributed by atoms with van der Waals surface area (Å²) in [6, 6.07) is 37.1. The molecular formula is C31H23Cl. The zero-order valence-electron chi connectivity index (χ0n) is 18.2. The second-order valence-electron chi connectivity index (χ2n) is 9.15. The van der Waals surface area contributed by atoms with Crippen molar-refractivity contribution in [3.05, 3.63) is 119 Å². The Morgan fingerprint density at radius 2 is 1.09 bits per heavy atom. The van der Waals surface area contributed by atoms with Gasteiger partial charge in [-0.2, -0.15) is 0 Å². The van der Waals surface area contributed by atoms with Crippen molar-refractivity contribution in [3.63, 3.8) is 0 Å². The Labute approximate surface area is 194 Å². The number of fused-ring (bicyclic) bond motifs is 4. The van der Waals surface area contributed by atoms with Crippen molar-refractivity contribution in [1.29, 1.82) is 0 Å². The van der Waals surface area contributed by atoms with Crippen LogP contribution in [0.2, 0.25) is 5.02 Å². The summed E-state index contributed by atoms with van der Waals surface area (Å²) in [4.78, 5) is 0. The highest BCUT2D eigenvalue weighted by Gasteiger charge is 2.35. The topological polar surface area (TPSA) is 0 Å². The van der Waals surface area contributed by atoms with E-state index in [0.29, 0.717) is 0 Å². The van der Waals surface area contributed by atoms with Gasteiger partial charge in [-0.05, 0) is 73.5 Å². The highest BCUT2D eigenvalue weighted by atomic mass is 35.5. The van der Waals surface area contributed by atoms with Gasteiger partial charge in [0.1, 0.15) is 0 Å². The molecule has 0 aromatic heterocycles. The molecule has 32 heavy (non-hydrogen) atoms. The van der Waals surface area contributed by atoms with Gasteiger partial charge < -0.3 is 0 Å². The number of halogens is 1. The van der Waals surface area contributed by atoms with Gasteiger partial charge >= 0.3 is 0 Å². The van der Waals surface area contributed by atoms with Crippen molar-refractivity contribution in [3.8, 4) is 33.4 Å². The number of benzene rings is 5. The second kappa shape index (κ2) is 7.08. The summed E-state index contributed by atoms with van der Waals surface area (Å²) in [6.45, 7) is 4.67. The molecule has 0 fully saturated rings. The lowest BCUT2D eigenvalue weighted by atomic mass is 9.81. The molecule has 1 heteroatoms. The van der Waals surface area contributed by atoms with E-state index < -0.39 is 0 Å². The van der Waals surface area contributed by atoms with Gasteiger partial charge in [0, 0.05) is 10.4 Å². The maximum absolute atomic E-state index is 6.29. The molecule has 154 valence electrons. The third-order valence-corrected chi connectivity index (χ3v) is 7.19. The zero-order chi connectivity index (χ0) is 21.9. The van der Waals surface area contributed by atoms with Crippen LogP contribution in [-0.4, -0.2) is 0 Å². The fraction of sp³-hybridized carbons (Fsp3) is 0.0968. The van der Waals surface area contributed by atoms with Crippen LogP contribution < -0.4 is 0 Å². The monoisotopic (exact) mass is 430 g/mol. The summed E-state index contributed by atoms with van der Waals surface area (Å²) in [5.41, 5.74) is 10.4. The highest BCUT2D eigenvalue weighted by Crippen LogP contribution is 2.50. The summed E-state index contributed by atoms with van der Waals surface area (Å²) in [5.74, 6) is 0. The molecule has 0 saturated carbocycles. The predicted octanol–water partition coefficient (Wildman–Crippen LogP) is 9.13. The van der Waals surface area contributed by atoms with E-state index in [1.54, 1.807) is 0 Å². The van der Waals surface area contributed by atoms with Crippen LogP contribution in [-0.2, 0) is 5.41 Å². The van der Waals surface area contributed by atoms with Crippen molar-refractivity contribution in [2.24, 2.45) is 0 Å². The van der Waals surface area contributed by atoms with Gasteiger partial charge in [0.15, 0.2) is 0 Å². The normalized spacial score (nSPS) is 13.7. The minimum Gasteiger partial charge on any atom is -0.0843 e. The molecule has 0 heterocycles. The molecule has 0 N–H and O–H groups in total. The summed E-state index contributed by atoms with van der Waals surface area (Å²) in [7, 11) is 0. The summed E-state index contributed by atoms with van der Waals surface area (Å²) in [5, 5.41) is 3.27. The van der Waals surface area contributed by atoms with Crippen LogP contribution in [0, 0.1) is 0 Å². The third kappa shape index (κ3) is 2.83. The summed E-state index contributed by atoms with van der Waals surface area (Å²) in [6.07, 6.45) is 0. The molecule has 6 rings (SSSR count). The Bertz CT molecular complexity index is 1510. The van der Waals surface area contributed by atoms with Gasteiger partial charge in [0.25, 0.3) is 0 Å². The molecule has 0 unspecified atom stereocenters. The van der Waals surface area contributed by atoms with Crippen LogP contribution in [0.1, 0.15) is 25.0 Å². The Kier molecular flexibility index (Phi) is 4.28. The fourth-order valence-electron chi connectivity index (χ4n) is 5.33. The van der Waals surface area contributed by atoms with Crippen molar-refractivity contribution < 1.29 is 0 Å². The maximum Gasteiger partial charge on any atom is 0.0412 e. The van der Waals surface area contributed by atoms with E-state index in [0.717, 1.165) is 10.6 Å². The molecule has 0 nitrogen and oxygen atoms in total. The lowest BCUT2D eigenvalue weighted by Crippen LogP contribution is -2.14. The molecule has 0 saturated heterocycles. The second-order valence-corrected chi connectivity index (χ2v) is 9.58. The Hall–Kier alpha value is -3.35. The first-order chi connectivity index (χ1) is 15.5. The first-order valence-corrected chi connectivity index (χ1v) is 11.4. The van der Waals surface area contributed by atoms with Crippen LogP contribution in [0.4, 0.5) is 0 Å².